The first-order chi connectivity index (χ1) is 9.59. The first kappa shape index (κ1) is 17.7. The SMILES string of the molecule is C#CCCS(=O)(=O)N(C)C(C)c1ccc(S(C)(=O)=O)cc1. The molecular weight excluding hydrogens is 310 g/mol. The lowest BCUT2D eigenvalue weighted by molar-refractivity contribution is 0.398. The van der Waals surface area contributed by atoms with Gasteiger partial charge in [0.05, 0.1) is 10.6 Å². The van der Waals surface area contributed by atoms with Crippen molar-refractivity contribution in [1.82, 2.24) is 4.31 Å². The molecule has 0 N–H and O–H groups in total. The summed E-state index contributed by atoms with van der Waals surface area (Å²) in [5, 5.41) is 0. The Morgan fingerprint density at radius 2 is 1.71 bits per heavy atom. The summed E-state index contributed by atoms with van der Waals surface area (Å²) >= 11 is 0. The smallest absolute Gasteiger partial charge is 0.215 e. The number of hydrogen-bond donors (Lipinski definition) is 0. The molecule has 1 aromatic rings. The first-order valence-electron chi connectivity index (χ1n) is 6.29. The lowest BCUT2D eigenvalue weighted by Crippen LogP contribution is -2.31. The van der Waals surface area contributed by atoms with Crippen LogP contribution in [0, 0.1) is 12.3 Å². The standard InChI is InChI=1S/C14H19NO4S2/c1-5-6-11-21(18,19)15(3)12(2)13-7-9-14(10-8-13)20(4,16)17/h1,7-10,12H,6,11H2,2-4H3. The van der Waals surface area contributed by atoms with Crippen molar-refractivity contribution in [3.63, 3.8) is 0 Å². The van der Waals surface area contributed by atoms with Gasteiger partial charge in [0.2, 0.25) is 10.0 Å². The van der Waals surface area contributed by atoms with Crippen LogP contribution in [0.5, 0.6) is 0 Å². The molecule has 1 aromatic carbocycles. The maximum Gasteiger partial charge on any atom is 0.215 e. The van der Waals surface area contributed by atoms with Crippen molar-refractivity contribution in [3.8, 4) is 12.3 Å². The van der Waals surface area contributed by atoms with E-state index in [4.69, 9.17) is 6.42 Å². The van der Waals surface area contributed by atoms with Gasteiger partial charge in [-0.15, -0.1) is 12.3 Å². The molecule has 1 rings (SSSR count). The summed E-state index contributed by atoms with van der Waals surface area (Å²) in [6.45, 7) is 1.74. The van der Waals surface area contributed by atoms with Crippen molar-refractivity contribution < 1.29 is 16.8 Å². The largest absolute Gasteiger partial charge is 0.224 e. The summed E-state index contributed by atoms with van der Waals surface area (Å²) in [5.74, 6) is 2.20. The zero-order chi connectivity index (χ0) is 16.3. The van der Waals surface area contributed by atoms with Gasteiger partial charge in [-0.3, -0.25) is 0 Å². The zero-order valence-electron chi connectivity index (χ0n) is 12.3. The second-order valence-corrected chi connectivity index (χ2v) is 8.97. The maximum absolute atomic E-state index is 12.1. The Morgan fingerprint density at radius 3 is 2.14 bits per heavy atom. The van der Waals surface area contributed by atoms with Gasteiger partial charge in [0.1, 0.15) is 0 Å². The molecule has 0 fully saturated rings. The van der Waals surface area contributed by atoms with Gasteiger partial charge in [-0.2, -0.15) is 4.31 Å². The Hall–Kier alpha value is -1.36. The lowest BCUT2D eigenvalue weighted by Gasteiger charge is -2.24. The predicted octanol–water partition coefficient (Wildman–Crippen LogP) is 1.44. The van der Waals surface area contributed by atoms with Crippen LogP contribution >= 0.6 is 0 Å². The Balaban J connectivity index is 2.99. The van der Waals surface area contributed by atoms with Crippen LogP contribution in [0.15, 0.2) is 29.2 Å². The molecule has 0 bridgehead atoms. The molecule has 1 atom stereocenters. The number of hydrogen-bond acceptors (Lipinski definition) is 4. The zero-order valence-corrected chi connectivity index (χ0v) is 13.9. The van der Waals surface area contributed by atoms with Crippen molar-refractivity contribution in [2.45, 2.75) is 24.3 Å². The van der Waals surface area contributed by atoms with Crippen LogP contribution in [-0.2, 0) is 19.9 Å². The van der Waals surface area contributed by atoms with Crippen molar-refractivity contribution in [1.29, 1.82) is 0 Å². The third kappa shape index (κ3) is 4.56. The van der Waals surface area contributed by atoms with Crippen LogP contribution < -0.4 is 0 Å². The minimum atomic E-state index is -3.44. The number of terminal acetylenes is 1. The average molecular weight is 329 g/mol. The van der Waals surface area contributed by atoms with Gasteiger partial charge in [0, 0.05) is 25.8 Å². The molecule has 7 heteroatoms. The average Bonchev–Trinajstić information content (AvgIpc) is 2.42. The number of rotatable bonds is 6. The van der Waals surface area contributed by atoms with Crippen LogP contribution in [0.2, 0.25) is 0 Å². The third-order valence-electron chi connectivity index (χ3n) is 3.28. The number of nitrogens with zero attached hydrogens (tertiary/aromatic N) is 1. The topological polar surface area (TPSA) is 71.5 Å². The van der Waals surface area contributed by atoms with Gasteiger partial charge in [-0.1, -0.05) is 12.1 Å². The molecule has 0 saturated heterocycles. The first-order valence-corrected chi connectivity index (χ1v) is 9.79. The van der Waals surface area contributed by atoms with Crippen LogP contribution in [0.3, 0.4) is 0 Å². The molecule has 0 aliphatic rings. The Bertz CT molecular complexity index is 728. The van der Waals surface area contributed by atoms with E-state index in [1.54, 1.807) is 19.1 Å². The van der Waals surface area contributed by atoms with Gasteiger partial charge < -0.3 is 0 Å². The fourth-order valence-electron chi connectivity index (χ4n) is 1.78. The van der Waals surface area contributed by atoms with E-state index in [1.807, 2.05) is 0 Å². The van der Waals surface area contributed by atoms with E-state index < -0.39 is 25.9 Å². The van der Waals surface area contributed by atoms with E-state index in [9.17, 15) is 16.8 Å². The molecule has 0 aliphatic heterocycles. The van der Waals surface area contributed by atoms with Crippen molar-refractivity contribution >= 4 is 19.9 Å². The van der Waals surface area contributed by atoms with E-state index in [1.165, 1.54) is 23.5 Å². The third-order valence-corrected chi connectivity index (χ3v) is 6.32. The monoisotopic (exact) mass is 329 g/mol. The highest BCUT2D eigenvalue weighted by atomic mass is 32.2. The highest BCUT2D eigenvalue weighted by molar-refractivity contribution is 7.90. The van der Waals surface area contributed by atoms with Crippen LogP contribution in [0.4, 0.5) is 0 Å². The van der Waals surface area contributed by atoms with Crippen molar-refractivity contribution in [2.24, 2.45) is 0 Å². The fraction of sp³-hybridized carbons (Fsp3) is 0.429. The molecule has 0 radical (unpaired) electrons. The highest BCUT2D eigenvalue weighted by Gasteiger charge is 2.23. The van der Waals surface area contributed by atoms with Gasteiger partial charge in [0.25, 0.3) is 0 Å². The van der Waals surface area contributed by atoms with E-state index in [2.05, 4.69) is 5.92 Å². The van der Waals surface area contributed by atoms with Gasteiger partial charge in [0.15, 0.2) is 9.84 Å². The minimum absolute atomic E-state index is 0.105. The van der Waals surface area contributed by atoms with Crippen LogP contribution in [-0.4, -0.2) is 40.2 Å². The van der Waals surface area contributed by atoms with E-state index in [0.29, 0.717) is 5.56 Å². The molecule has 0 heterocycles. The van der Waals surface area contributed by atoms with Gasteiger partial charge in [-0.25, -0.2) is 16.8 Å². The van der Waals surface area contributed by atoms with Crippen LogP contribution in [0.1, 0.15) is 24.9 Å². The Kier molecular flexibility index (Phi) is 5.56. The molecule has 116 valence electrons. The molecule has 0 aromatic heterocycles. The van der Waals surface area contributed by atoms with Crippen molar-refractivity contribution in [2.75, 3.05) is 19.1 Å². The summed E-state index contributed by atoms with van der Waals surface area (Å²) < 4.78 is 48.2. The van der Waals surface area contributed by atoms with Gasteiger partial charge >= 0.3 is 0 Å². The van der Waals surface area contributed by atoms with Crippen molar-refractivity contribution in [3.05, 3.63) is 29.8 Å². The number of sulfone groups is 1. The number of sulfonamides is 1. The molecule has 0 spiro atoms. The van der Waals surface area contributed by atoms with E-state index in [-0.39, 0.29) is 17.1 Å². The summed E-state index contributed by atoms with van der Waals surface area (Å²) in [7, 11) is -5.21. The normalized spacial score (nSPS) is 13.9. The molecule has 0 saturated carbocycles. The highest BCUT2D eigenvalue weighted by Crippen LogP contribution is 2.23. The van der Waals surface area contributed by atoms with E-state index >= 15 is 0 Å². The Labute approximate surface area is 126 Å². The van der Waals surface area contributed by atoms with E-state index in [0.717, 1.165) is 6.26 Å². The number of benzene rings is 1. The quantitative estimate of drug-likeness (QED) is 0.740. The fourth-order valence-corrected chi connectivity index (χ4v) is 3.67. The summed E-state index contributed by atoms with van der Waals surface area (Å²) in [6, 6.07) is 5.79. The molecule has 0 amide bonds. The predicted molar refractivity (Wildman–Crippen MR) is 83.0 cm³/mol. The summed E-state index contributed by atoms with van der Waals surface area (Å²) in [6.07, 6.45) is 6.38. The maximum atomic E-state index is 12.1. The molecule has 5 nitrogen and oxygen atoms in total. The molecule has 1 unspecified atom stereocenters. The summed E-state index contributed by atoms with van der Waals surface area (Å²) in [4.78, 5) is 0.205. The van der Waals surface area contributed by atoms with Gasteiger partial charge in [-0.05, 0) is 24.6 Å². The molecule has 21 heavy (non-hydrogen) atoms. The summed E-state index contributed by atoms with van der Waals surface area (Å²) in [5.41, 5.74) is 0.717. The molecule has 0 aliphatic carbocycles. The second kappa shape index (κ2) is 6.60. The minimum Gasteiger partial charge on any atom is -0.224 e. The Morgan fingerprint density at radius 1 is 1.19 bits per heavy atom. The second-order valence-electron chi connectivity index (χ2n) is 4.80. The lowest BCUT2D eigenvalue weighted by atomic mass is 10.1. The van der Waals surface area contributed by atoms with Crippen LogP contribution in [0.25, 0.3) is 0 Å². The molecular formula is C14H19NO4S2.